The van der Waals surface area contributed by atoms with Crippen LogP contribution in [0.3, 0.4) is 0 Å². The Kier molecular flexibility index (Phi) is 4.65. The van der Waals surface area contributed by atoms with Gasteiger partial charge in [-0.05, 0) is 18.6 Å². The number of halogens is 1. The topological polar surface area (TPSA) is 80.9 Å². The molecule has 1 aromatic heterocycles. The number of anilines is 1. The number of carbonyl (C=O) groups is 1. The third-order valence-corrected chi connectivity index (χ3v) is 3.01. The van der Waals surface area contributed by atoms with Gasteiger partial charge >= 0.3 is 0 Å². The first-order chi connectivity index (χ1) is 9.60. The van der Waals surface area contributed by atoms with Crippen LogP contribution < -0.4 is 11.1 Å². The molecule has 1 atom stereocenters. The van der Waals surface area contributed by atoms with E-state index in [-0.39, 0.29) is 23.6 Å². The number of amides is 1. The molecule has 5 nitrogen and oxygen atoms in total. The summed E-state index contributed by atoms with van der Waals surface area (Å²) in [5, 5.41) is 2.94. The molecule has 0 aliphatic rings. The summed E-state index contributed by atoms with van der Waals surface area (Å²) in [6.45, 7) is 1.98. The van der Waals surface area contributed by atoms with Gasteiger partial charge in [-0.2, -0.15) is 0 Å². The van der Waals surface area contributed by atoms with Crippen LogP contribution in [0.2, 0.25) is 5.15 Å². The fourth-order valence-corrected chi connectivity index (χ4v) is 2.10. The third kappa shape index (κ3) is 3.53. The summed E-state index contributed by atoms with van der Waals surface area (Å²) in [5.41, 5.74) is 7.23. The molecular formula is C14H15ClN4O. The molecule has 0 spiro atoms. The van der Waals surface area contributed by atoms with Gasteiger partial charge in [0.1, 0.15) is 5.15 Å². The minimum atomic E-state index is -0.445. The Bertz CT molecular complexity index is 583. The molecule has 0 saturated heterocycles. The minimum absolute atomic E-state index is 0.189. The standard InChI is InChI=1S/C14H15ClN4O/c1-9-7-12(15)18-14(17-9)19-13(20)11(8-16)10-5-3-2-4-6-10/h2-7,11H,8,16H2,1H3,(H,17,18,19,20). The summed E-state index contributed by atoms with van der Waals surface area (Å²) in [6, 6.07) is 11.0. The lowest BCUT2D eigenvalue weighted by Crippen LogP contribution is -2.28. The lowest BCUT2D eigenvalue weighted by Gasteiger charge is -2.14. The van der Waals surface area contributed by atoms with Crippen LogP contribution in [-0.2, 0) is 4.79 Å². The average molecular weight is 291 g/mol. The minimum Gasteiger partial charge on any atom is -0.329 e. The van der Waals surface area contributed by atoms with E-state index in [0.29, 0.717) is 5.69 Å². The van der Waals surface area contributed by atoms with Crippen molar-refractivity contribution >= 4 is 23.5 Å². The van der Waals surface area contributed by atoms with Gasteiger partial charge in [-0.1, -0.05) is 41.9 Å². The Morgan fingerprint density at radius 2 is 2.05 bits per heavy atom. The van der Waals surface area contributed by atoms with Gasteiger partial charge in [0.05, 0.1) is 5.92 Å². The van der Waals surface area contributed by atoms with Gasteiger partial charge in [-0.25, -0.2) is 9.97 Å². The van der Waals surface area contributed by atoms with Crippen molar-refractivity contribution in [2.45, 2.75) is 12.8 Å². The highest BCUT2D eigenvalue weighted by atomic mass is 35.5. The fourth-order valence-electron chi connectivity index (χ4n) is 1.86. The van der Waals surface area contributed by atoms with E-state index >= 15 is 0 Å². The quantitative estimate of drug-likeness (QED) is 0.845. The zero-order valence-electron chi connectivity index (χ0n) is 11.0. The van der Waals surface area contributed by atoms with Crippen molar-refractivity contribution in [3.8, 4) is 0 Å². The Morgan fingerprint density at radius 3 is 2.65 bits per heavy atom. The third-order valence-electron chi connectivity index (χ3n) is 2.81. The second kappa shape index (κ2) is 6.45. The van der Waals surface area contributed by atoms with Gasteiger partial charge in [-0.15, -0.1) is 0 Å². The maximum absolute atomic E-state index is 12.3. The number of hydrogen-bond donors (Lipinski definition) is 2. The van der Waals surface area contributed by atoms with Gasteiger partial charge in [0.25, 0.3) is 0 Å². The van der Waals surface area contributed by atoms with E-state index in [9.17, 15) is 4.79 Å². The van der Waals surface area contributed by atoms with Gasteiger partial charge in [0.2, 0.25) is 11.9 Å². The number of aryl methyl sites for hydroxylation is 1. The molecule has 0 saturated carbocycles. The smallest absolute Gasteiger partial charge is 0.235 e. The number of nitrogens with one attached hydrogen (secondary N) is 1. The SMILES string of the molecule is Cc1cc(Cl)nc(NC(=O)C(CN)c2ccccc2)n1. The van der Waals surface area contributed by atoms with Crippen LogP contribution in [0.15, 0.2) is 36.4 Å². The Balaban J connectivity index is 2.18. The lowest BCUT2D eigenvalue weighted by molar-refractivity contribution is -0.117. The fraction of sp³-hybridized carbons (Fsp3) is 0.214. The molecule has 1 unspecified atom stereocenters. The second-order valence-corrected chi connectivity index (χ2v) is 4.73. The summed E-state index contributed by atoms with van der Waals surface area (Å²) in [7, 11) is 0. The van der Waals surface area contributed by atoms with Crippen LogP contribution >= 0.6 is 11.6 Å². The molecule has 20 heavy (non-hydrogen) atoms. The van der Waals surface area contributed by atoms with Crippen molar-refractivity contribution in [1.82, 2.24) is 9.97 Å². The molecule has 6 heteroatoms. The zero-order valence-corrected chi connectivity index (χ0v) is 11.8. The van der Waals surface area contributed by atoms with E-state index in [1.54, 1.807) is 13.0 Å². The zero-order chi connectivity index (χ0) is 14.5. The first-order valence-electron chi connectivity index (χ1n) is 6.17. The number of carbonyl (C=O) groups excluding carboxylic acids is 1. The van der Waals surface area contributed by atoms with E-state index in [4.69, 9.17) is 17.3 Å². The molecule has 0 bridgehead atoms. The van der Waals surface area contributed by atoms with Crippen LogP contribution in [0.1, 0.15) is 17.2 Å². The van der Waals surface area contributed by atoms with Crippen LogP contribution in [0, 0.1) is 6.92 Å². The van der Waals surface area contributed by atoms with Crippen molar-refractivity contribution in [2.75, 3.05) is 11.9 Å². The molecule has 1 amide bonds. The van der Waals surface area contributed by atoms with E-state index < -0.39 is 5.92 Å². The van der Waals surface area contributed by atoms with Gasteiger partial charge in [0, 0.05) is 12.2 Å². The van der Waals surface area contributed by atoms with Crippen molar-refractivity contribution in [3.63, 3.8) is 0 Å². The van der Waals surface area contributed by atoms with Crippen molar-refractivity contribution in [1.29, 1.82) is 0 Å². The molecule has 2 rings (SSSR count). The number of nitrogens with zero attached hydrogens (tertiary/aromatic N) is 2. The molecule has 1 heterocycles. The highest BCUT2D eigenvalue weighted by molar-refractivity contribution is 6.29. The molecular weight excluding hydrogens is 276 g/mol. The molecule has 3 N–H and O–H groups in total. The predicted octanol–water partition coefficient (Wildman–Crippen LogP) is 2.12. The summed E-state index contributed by atoms with van der Waals surface area (Å²) in [4.78, 5) is 20.3. The molecule has 0 radical (unpaired) electrons. The summed E-state index contributed by atoms with van der Waals surface area (Å²) < 4.78 is 0. The number of benzene rings is 1. The molecule has 0 aliphatic heterocycles. The first-order valence-corrected chi connectivity index (χ1v) is 6.55. The monoisotopic (exact) mass is 290 g/mol. The van der Waals surface area contributed by atoms with Crippen LogP contribution in [-0.4, -0.2) is 22.4 Å². The van der Waals surface area contributed by atoms with E-state index in [1.807, 2.05) is 30.3 Å². The molecule has 104 valence electrons. The Labute approximate surface area is 122 Å². The molecule has 0 fully saturated rings. The summed E-state index contributed by atoms with van der Waals surface area (Å²) in [6.07, 6.45) is 0. The second-order valence-electron chi connectivity index (χ2n) is 4.34. The van der Waals surface area contributed by atoms with E-state index in [1.165, 1.54) is 0 Å². The molecule has 1 aromatic carbocycles. The maximum Gasteiger partial charge on any atom is 0.235 e. The highest BCUT2D eigenvalue weighted by Crippen LogP contribution is 2.17. The van der Waals surface area contributed by atoms with Gasteiger partial charge in [-0.3, -0.25) is 10.1 Å². The summed E-state index contributed by atoms with van der Waals surface area (Å²) in [5.74, 6) is -0.506. The highest BCUT2D eigenvalue weighted by Gasteiger charge is 2.19. The first kappa shape index (κ1) is 14.4. The van der Waals surface area contributed by atoms with Crippen molar-refractivity contribution < 1.29 is 4.79 Å². The normalized spacial score (nSPS) is 11.9. The predicted molar refractivity (Wildman–Crippen MR) is 78.6 cm³/mol. The number of nitrogens with two attached hydrogens (primary N) is 1. The number of aromatic nitrogens is 2. The van der Waals surface area contributed by atoms with E-state index in [2.05, 4.69) is 15.3 Å². The Morgan fingerprint density at radius 1 is 1.35 bits per heavy atom. The lowest BCUT2D eigenvalue weighted by atomic mass is 9.98. The molecule has 2 aromatic rings. The molecule has 0 aliphatic carbocycles. The largest absolute Gasteiger partial charge is 0.329 e. The van der Waals surface area contributed by atoms with Crippen molar-refractivity contribution in [2.24, 2.45) is 5.73 Å². The van der Waals surface area contributed by atoms with Crippen molar-refractivity contribution in [3.05, 3.63) is 52.8 Å². The number of hydrogen-bond acceptors (Lipinski definition) is 4. The van der Waals surface area contributed by atoms with Crippen LogP contribution in [0.25, 0.3) is 0 Å². The number of rotatable bonds is 4. The average Bonchev–Trinajstić information content (AvgIpc) is 2.39. The van der Waals surface area contributed by atoms with Gasteiger partial charge < -0.3 is 5.73 Å². The summed E-state index contributed by atoms with van der Waals surface area (Å²) >= 11 is 5.84. The van der Waals surface area contributed by atoms with Crippen LogP contribution in [0.5, 0.6) is 0 Å². The van der Waals surface area contributed by atoms with Crippen LogP contribution in [0.4, 0.5) is 5.95 Å². The van der Waals surface area contributed by atoms with Gasteiger partial charge in [0.15, 0.2) is 0 Å². The van der Waals surface area contributed by atoms with E-state index in [0.717, 1.165) is 5.56 Å². The Hall–Kier alpha value is -1.98. The maximum atomic E-state index is 12.3.